The molecule has 1 aliphatic rings. The second-order valence-corrected chi connectivity index (χ2v) is 11.6. The molecule has 1 heterocycles. The Hall–Kier alpha value is -3.53. The van der Waals surface area contributed by atoms with Crippen molar-refractivity contribution >= 4 is 44.8 Å². The lowest BCUT2D eigenvalue weighted by Crippen LogP contribution is -2.44. The first-order valence-electron chi connectivity index (χ1n) is 13.3. The quantitative estimate of drug-likeness (QED) is 0.234. The fraction of sp³-hybridized carbons (Fsp3) is 0.290. The maximum absolute atomic E-state index is 14.6. The van der Waals surface area contributed by atoms with Crippen LogP contribution in [0.2, 0.25) is 5.02 Å². The number of nitrogens with two attached hydrogens (primary N) is 1. The molecule has 0 unspecified atom stereocenters. The fourth-order valence-corrected chi connectivity index (χ4v) is 7.01. The number of hydrogen-bond donors (Lipinski definition) is 2. The average molecular weight is 598 g/mol. The maximum atomic E-state index is 14.6. The highest BCUT2D eigenvalue weighted by atomic mass is 35.5. The minimum atomic E-state index is -0.667. The number of benzene rings is 3. The smallest absolute Gasteiger partial charge is 0.266 e. The number of fused-ring (bicyclic) bond motifs is 1. The summed E-state index contributed by atoms with van der Waals surface area (Å²) in [5.41, 5.74) is 8.30. The van der Waals surface area contributed by atoms with Crippen molar-refractivity contribution in [1.29, 1.82) is 0 Å². The van der Waals surface area contributed by atoms with Crippen LogP contribution < -0.4 is 15.8 Å². The molecule has 1 aliphatic carbocycles. The third-order valence-corrected chi connectivity index (χ3v) is 9.48. The van der Waals surface area contributed by atoms with Crippen LogP contribution in [0.5, 0.6) is 5.75 Å². The first kappa shape index (κ1) is 29.0. The summed E-state index contributed by atoms with van der Waals surface area (Å²) >= 11 is 7.42. The van der Waals surface area contributed by atoms with E-state index < -0.39 is 17.5 Å². The first-order valence-corrected chi connectivity index (χ1v) is 14.5. The number of hydrogen-bond acceptors (Lipinski definition) is 5. The van der Waals surface area contributed by atoms with Crippen molar-refractivity contribution in [3.63, 3.8) is 0 Å². The van der Waals surface area contributed by atoms with Gasteiger partial charge in [-0.25, -0.2) is 8.78 Å². The molecule has 2 amide bonds. The standard InChI is InChI=1S/C31H30ClF2N3O3S/c1-36-21-8-10-22(11-9-21)37(31(39)29-27(32)26-23(33)12-13-24(34)28(26)41-29)16-20-15-19(7-14-25(20)40-2)17-3-5-18(6-4-17)30(35)38/h3-7,12-15,21-22,36H,8-11,16H2,1-2H3,(H2,35,38). The van der Waals surface area contributed by atoms with E-state index in [0.29, 0.717) is 17.4 Å². The summed E-state index contributed by atoms with van der Waals surface area (Å²) in [5.74, 6) is -1.57. The molecule has 0 atom stereocenters. The summed E-state index contributed by atoms with van der Waals surface area (Å²) in [5, 5.41) is 3.17. The molecule has 3 aromatic carbocycles. The van der Waals surface area contributed by atoms with E-state index in [-0.39, 0.29) is 38.5 Å². The van der Waals surface area contributed by atoms with Crippen LogP contribution in [-0.2, 0) is 6.54 Å². The summed E-state index contributed by atoms with van der Waals surface area (Å²) in [6, 6.07) is 15.0. The molecule has 4 aromatic rings. The zero-order chi connectivity index (χ0) is 29.3. The van der Waals surface area contributed by atoms with Gasteiger partial charge in [0.1, 0.15) is 22.3 Å². The van der Waals surface area contributed by atoms with Gasteiger partial charge in [0.15, 0.2) is 0 Å². The minimum Gasteiger partial charge on any atom is -0.496 e. The second-order valence-electron chi connectivity index (χ2n) is 10.2. The zero-order valence-electron chi connectivity index (χ0n) is 22.7. The van der Waals surface area contributed by atoms with E-state index >= 15 is 0 Å². The molecular weight excluding hydrogens is 568 g/mol. The van der Waals surface area contributed by atoms with E-state index in [4.69, 9.17) is 22.1 Å². The molecule has 0 radical (unpaired) electrons. The van der Waals surface area contributed by atoms with Gasteiger partial charge >= 0.3 is 0 Å². The minimum absolute atomic E-state index is 0.0242. The highest BCUT2D eigenvalue weighted by Crippen LogP contribution is 2.40. The maximum Gasteiger partial charge on any atom is 0.266 e. The lowest BCUT2D eigenvalue weighted by atomic mass is 9.89. The normalized spacial score (nSPS) is 17.0. The predicted octanol–water partition coefficient (Wildman–Crippen LogP) is 6.78. The van der Waals surface area contributed by atoms with Crippen molar-refractivity contribution in [1.82, 2.24) is 10.2 Å². The van der Waals surface area contributed by atoms with E-state index in [0.717, 1.165) is 65.8 Å². The number of rotatable bonds is 8. The predicted molar refractivity (Wildman–Crippen MR) is 159 cm³/mol. The first-order chi connectivity index (χ1) is 19.7. The van der Waals surface area contributed by atoms with Crippen molar-refractivity contribution in [3.8, 4) is 16.9 Å². The molecule has 214 valence electrons. The molecule has 3 N–H and O–H groups in total. The van der Waals surface area contributed by atoms with Gasteiger partial charge in [-0.1, -0.05) is 29.8 Å². The van der Waals surface area contributed by atoms with Crippen molar-refractivity contribution < 1.29 is 23.1 Å². The second kappa shape index (κ2) is 12.1. The van der Waals surface area contributed by atoms with Crippen molar-refractivity contribution in [2.24, 2.45) is 5.73 Å². The Morgan fingerprint density at radius 2 is 1.68 bits per heavy atom. The molecule has 6 nitrogen and oxygen atoms in total. The number of nitrogens with zero attached hydrogens (tertiary/aromatic N) is 1. The van der Waals surface area contributed by atoms with E-state index in [1.165, 1.54) is 0 Å². The third kappa shape index (κ3) is 5.80. The third-order valence-electron chi connectivity index (χ3n) is 7.81. The van der Waals surface area contributed by atoms with Gasteiger partial charge in [-0.3, -0.25) is 9.59 Å². The van der Waals surface area contributed by atoms with Crippen molar-refractivity contribution in [3.05, 3.63) is 87.3 Å². The van der Waals surface area contributed by atoms with Crippen LogP contribution >= 0.6 is 22.9 Å². The Morgan fingerprint density at radius 3 is 2.29 bits per heavy atom. The SMILES string of the molecule is CNC1CCC(N(Cc2cc(-c3ccc(C(N)=O)cc3)ccc2OC)C(=O)c2sc3c(F)ccc(F)c3c2Cl)CC1. The van der Waals surface area contributed by atoms with E-state index in [9.17, 15) is 18.4 Å². The van der Waals surface area contributed by atoms with Gasteiger partial charge in [0.25, 0.3) is 5.91 Å². The number of carbonyl (C=O) groups is 2. The Morgan fingerprint density at radius 1 is 1.02 bits per heavy atom. The molecule has 1 saturated carbocycles. The number of primary amides is 1. The molecule has 0 aliphatic heterocycles. The number of ether oxygens (including phenoxy) is 1. The average Bonchev–Trinajstić information content (AvgIpc) is 3.35. The molecule has 1 aromatic heterocycles. The largest absolute Gasteiger partial charge is 0.496 e. The molecule has 5 rings (SSSR count). The van der Waals surface area contributed by atoms with E-state index in [1.54, 1.807) is 24.1 Å². The molecule has 0 saturated heterocycles. The lowest BCUT2D eigenvalue weighted by Gasteiger charge is -2.37. The Kier molecular flexibility index (Phi) is 8.58. The Bertz CT molecular complexity index is 1600. The molecule has 0 bridgehead atoms. The zero-order valence-corrected chi connectivity index (χ0v) is 24.3. The van der Waals surface area contributed by atoms with Gasteiger partial charge in [-0.2, -0.15) is 0 Å². The molecule has 10 heteroatoms. The molecular formula is C31H30ClF2N3O3S. The van der Waals surface area contributed by atoms with Gasteiger partial charge in [0.2, 0.25) is 5.91 Å². The van der Waals surface area contributed by atoms with E-state index in [2.05, 4.69) is 5.32 Å². The fourth-order valence-electron chi connectivity index (χ4n) is 5.50. The highest BCUT2D eigenvalue weighted by Gasteiger charge is 2.33. The Labute approximate surface area is 246 Å². The Balaban J connectivity index is 1.54. The van der Waals surface area contributed by atoms with Gasteiger partial charge in [-0.05, 0) is 80.3 Å². The van der Waals surface area contributed by atoms with Crippen LogP contribution in [0.25, 0.3) is 21.2 Å². The molecule has 0 spiro atoms. The molecule has 41 heavy (non-hydrogen) atoms. The van der Waals surface area contributed by atoms with Crippen LogP contribution in [0.3, 0.4) is 0 Å². The topological polar surface area (TPSA) is 84.7 Å². The van der Waals surface area contributed by atoms with Gasteiger partial charge in [-0.15, -0.1) is 11.3 Å². The summed E-state index contributed by atoms with van der Waals surface area (Å²) in [7, 11) is 3.50. The van der Waals surface area contributed by atoms with Gasteiger partial charge < -0.3 is 20.7 Å². The monoisotopic (exact) mass is 597 g/mol. The van der Waals surface area contributed by atoms with E-state index in [1.807, 2.05) is 37.4 Å². The van der Waals surface area contributed by atoms with Crippen LogP contribution in [0.1, 0.15) is 51.3 Å². The number of methoxy groups -OCH3 is 1. The lowest BCUT2D eigenvalue weighted by molar-refractivity contribution is 0.0604. The van der Waals surface area contributed by atoms with Crippen LogP contribution in [0, 0.1) is 11.6 Å². The number of carbonyl (C=O) groups excluding carboxylic acids is 2. The highest BCUT2D eigenvalue weighted by molar-refractivity contribution is 7.21. The summed E-state index contributed by atoms with van der Waals surface area (Å²) in [6.45, 7) is 0.208. The number of amides is 2. The molecule has 1 fully saturated rings. The summed E-state index contributed by atoms with van der Waals surface area (Å²) in [6.07, 6.45) is 3.30. The van der Waals surface area contributed by atoms with Crippen LogP contribution in [-0.4, -0.2) is 43.0 Å². The van der Waals surface area contributed by atoms with Crippen LogP contribution in [0.15, 0.2) is 54.6 Å². The van der Waals surface area contributed by atoms with Crippen molar-refractivity contribution in [2.45, 2.75) is 44.3 Å². The number of thiophene rings is 1. The van der Waals surface area contributed by atoms with Crippen molar-refractivity contribution in [2.75, 3.05) is 14.2 Å². The van der Waals surface area contributed by atoms with Crippen LogP contribution in [0.4, 0.5) is 8.78 Å². The van der Waals surface area contributed by atoms with Gasteiger partial charge in [0, 0.05) is 29.8 Å². The summed E-state index contributed by atoms with van der Waals surface area (Å²) < 4.78 is 34.9. The van der Waals surface area contributed by atoms with Gasteiger partial charge in [0.05, 0.1) is 22.2 Å². The number of nitrogens with one attached hydrogen (secondary N) is 1. The number of halogens is 3. The summed E-state index contributed by atoms with van der Waals surface area (Å²) in [4.78, 5) is 27.6.